The van der Waals surface area contributed by atoms with Crippen LogP contribution in [0.4, 0.5) is 0 Å². The maximum absolute atomic E-state index is 5.70. The number of rotatable bonds is 2. The lowest BCUT2D eigenvalue weighted by Crippen LogP contribution is -1.97. The van der Waals surface area contributed by atoms with Crippen LogP contribution in [0, 0.1) is 3.70 Å². The number of hydrogen-bond donors (Lipinski definition) is 0. The first-order chi connectivity index (χ1) is 6.84. The zero-order chi connectivity index (χ0) is 9.54. The minimum atomic E-state index is 0.411. The Labute approximate surface area is 95.2 Å². The second kappa shape index (κ2) is 3.12. The first kappa shape index (κ1) is 8.52. The summed E-state index contributed by atoms with van der Waals surface area (Å²) in [7, 11) is 0. The number of imidazole rings is 1. The van der Waals surface area contributed by atoms with E-state index in [1.807, 2.05) is 28.8 Å². The molecule has 0 N–H and O–H groups in total. The van der Waals surface area contributed by atoms with Gasteiger partial charge in [-0.05, 0) is 47.6 Å². The highest BCUT2D eigenvalue weighted by Gasteiger charge is 2.26. The van der Waals surface area contributed by atoms with Crippen molar-refractivity contribution in [3.05, 3.63) is 28.1 Å². The highest BCUT2D eigenvalue weighted by molar-refractivity contribution is 14.1. The molecule has 3 rings (SSSR count). The van der Waals surface area contributed by atoms with Crippen molar-refractivity contribution in [2.75, 3.05) is 0 Å². The molecule has 0 aliphatic heterocycles. The van der Waals surface area contributed by atoms with E-state index < -0.39 is 0 Å². The molecule has 2 heterocycles. The molecule has 3 nitrogen and oxygen atoms in total. The molecule has 2 aromatic rings. The van der Waals surface area contributed by atoms with Crippen molar-refractivity contribution in [3.63, 3.8) is 0 Å². The van der Waals surface area contributed by atoms with Crippen molar-refractivity contribution in [2.45, 2.75) is 18.9 Å². The summed E-state index contributed by atoms with van der Waals surface area (Å²) in [6.45, 7) is 0. The second-order valence-electron chi connectivity index (χ2n) is 3.45. The first-order valence-corrected chi connectivity index (χ1v) is 5.72. The van der Waals surface area contributed by atoms with Crippen LogP contribution in [-0.2, 0) is 0 Å². The second-order valence-corrected chi connectivity index (χ2v) is 4.48. The van der Waals surface area contributed by atoms with Crippen LogP contribution >= 0.6 is 22.6 Å². The van der Waals surface area contributed by atoms with Crippen LogP contribution in [0.15, 0.2) is 24.4 Å². The zero-order valence-corrected chi connectivity index (χ0v) is 9.64. The Balaban J connectivity index is 2.09. The Morgan fingerprint density at radius 3 is 3.00 bits per heavy atom. The molecular weight excluding hydrogens is 291 g/mol. The van der Waals surface area contributed by atoms with Gasteiger partial charge in [0.05, 0.1) is 0 Å². The van der Waals surface area contributed by atoms with Crippen LogP contribution in [-0.4, -0.2) is 15.5 Å². The van der Waals surface area contributed by atoms with E-state index in [0.29, 0.717) is 6.10 Å². The van der Waals surface area contributed by atoms with E-state index in [1.165, 1.54) is 12.8 Å². The summed E-state index contributed by atoms with van der Waals surface area (Å²) in [5.74, 6) is 0.777. The SMILES string of the molecule is Ic1c(OC2CC2)nc2ccccn12. The lowest BCUT2D eigenvalue weighted by atomic mass is 10.5. The van der Waals surface area contributed by atoms with Gasteiger partial charge in [0.2, 0.25) is 5.88 Å². The Kier molecular flexibility index (Phi) is 1.90. The predicted molar refractivity (Wildman–Crippen MR) is 61.6 cm³/mol. The van der Waals surface area contributed by atoms with Crippen molar-refractivity contribution >= 4 is 28.2 Å². The topological polar surface area (TPSA) is 26.5 Å². The fraction of sp³-hybridized carbons (Fsp3) is 0.300. The summed E-state index contributed by atoms with van der Waals surface area (Å²) < 4.78 is 8.80. The summed E-state index contributed by atoms with van der Waals surface area (Å²) in [5, 5.41) is 0. The highest BCUT2D eigenvalue weighted by Crippen LogP contribution is 2.29. The summed E-state index contributed by atoms with van der Waals surface area (Å²) in [5.41, 5.74) is 0.951. The molecule has 1 saturated carbocycles. The Bertz CT molecular complexity index is 476. The largest absolute Gasteiger partial charge is 0.472 e. The number of halogens is 1. The van der Waals surface area contributed by atoms with Gasteiger partial charge in [-0.1, -0.05) is 6.07 Å². The molecule has 1 aliphatic rings. The minimum Gasteiger partial charge on any atom is -0.472 e. The van der Waals surface area contributed by atoms with Crippen LogP contribution in [0.2, 0.25) is 0 Å². The molecular formula is C10H9IN2O. The maximum atomic E-state index is 5.70. The van der Waals surface area contributed by atoms with Gasteiger partial charge < -0.3 is 4.74 Å². The lowest BCUT2D eigenvalue weighted by molar-refractivity contribution is 0.290. The normalized spacial score (nSPS) is 16.1. The molecule has 0 bridgehead atoms. The molecule has 1 aliphatic carbocycles. The lowest BCUT2D eigenvalue weighted by Gasteiger charge is -1.98. The van der Waals surface area contributed by atoms with Crippen LogP contribution < -0.4 is 4.74 Å². The Morgan fingerprint density at radius 2 is 2.29 bits per heavy atom. The quantitative estimate of drug-likeness (QED) is 0.797. The number of hydrogen-bond acceptors (Lipinski definition) is 2. The third-order valence-corrected chi connectivity index (χ3v) is 3.23. The van der Waals surface area contributed by atoms with Crippen molar-refractivity contribution in [1.29, 1.82) is 0 Å². The summed E-state index contributed by atoms with van der Waals surface area (Å²) in [6, 6.07) is 5.97. The summed E-state index contributed by atoms with van der Waals surface area (Å²) in [6.07, 6.45) is 4.76. The standard InChI is InChI=1S/C10H9IN2O/c11-9-10(14-7-4-5-7)12-8-3-1-2-6-13(8)9/h1-3,6-7H,4-5H2. The van der Waals surface area contributed by atoms with Crippen molar-refractivity contribution in [1.82, 2.24) is 9.38 Å². The van der Waals surface area contributed by atoms with Gasteiger partial charge in [0, 0.05) is 6.20 Å². The van der Waals surface area contributed by atoms with E-state index in [4.69, 9.17) is 4.74 Å². The number of ether oxygens (including phenoxy) is 1. The van der Waals surface area contributed by atoms with Crippen molar-refractivity contribution < 1.29 is 4.74 Å². The minimum absolute atomic E-state index is 0.411. The van der Waals surface area contributed by atoms with E-state index in [1.54, 1.807) is 0 Å². The average Bonchev–Trinajstić information content (AvgIpc) is 2.95. The van der Waals surface area contributed by atoms with E-state index in [2.05, 4.69) is 27.6 Å². The number of fused-ring (bicyclic) bond motifs is 1. The van der Waals surface area contributed by atoms with Gasteiger partial charge >= 0.3 is 0 Å². The van der Waals surface area contributed by atoms with Gasteiger partial charge in [0.15, 0.2) is 0 Å². The molecule has 0 amide bonds. The van der Waals surface area contributed by atoms with Gasteiger partial charge in [-0.3, -0.25) is 4.40 Å². The molecule has 1 fully saturated rings. The molecule has 72 valence electrons. The zero-order valence-electron chi connectivity index (χ0n) is 7.48. The van der Waals surface area contributed by atoms with Gasteiger partial charge in [0.25, 0.3) is 0 Å². The maximum Gasteiger partial charge on any atom is 0.247 e. The molecule has 0 saturated heterocycles. The number of aromatic nitrogens is 2. The summed E-state index contributed by atoms with van der Waals surface area (Å²) >= 11 is 2.27. The molecule has 0 radical (unpaired) electrons. The van der Waals surface area contributed by atoms with Gasteiger partial charge in [-0.25, -0.2) is 0 Å². The van der Waals surface area contributed by atoms with Gasteiger partial charge in [-0.2, -0.15) is 4.98 Å². The first-order valence-electron chi connectivity index (χ1n) is 4.64. The average molecular weight is 300 g/mol. The van der Waals surface area contributed by atoms with E-state index in [9.17, 15) is 0 Å². The van der Waals surface area contributed by atoms with Gasteiger partial charge in [0.1, 0.15) is 15.5 Å². The molecule has 0 atom stereocenters. The molecule has 0 unspecified atom stereocenters. The molecule has 14 heavy (non-hydrogen) atoms. The number of nitrogens with zero attached hydrogens (tertiary/aromatic N) is 2. The highest BCUT2D eigenvalue weighted by atomic mass is 127. The van der Waals surface area contributed by atoms with Crippen LogP contribution in [0.5, 0.6) is 5.88 Å². The fourth-order valence-corrected chi connectivity index (χ4v) is 2.02. The van der Waals surface area contributed by atoms with E-state index in [0.717, 1.165) is 15.2 Å². The smallest absolute Gasteiger partial charge is 0.247 e. The third kappa shape index (κ3) is 1.37. The Morgan fingerprint density at radius 1 is 1.43 bits per heavy atom. The molecule has 4 heteroatoms. The number of pyridine rings is 1. The summed E-state index contributed by atoms with van der Waals surface area (Å²) in [4.78, 5) is 4.43. The van der Waals surface area contributed by atoms with E-state index in [-0.39, 0.29) is 0 Å². The molecule has 0 aromatic carbocycles. The van der Waals surface area contributed by atoms with Gasteiger partial charge in [-0.15, -0.1) is 0 Å². The fourth-order valence-electron chi connectivity index (χ4n) is 1.36. The monoisotopic (exact) mass is 300 g/mol. The van der Waals surface area contributed by atoms with Crippen molar-refractivity contribution in [2.24, 2.45) is 0 Å². The van der Waals surface area contributed by atoms with Crippen molar-refractivity contribution in [3.8, 4) is 5.88 Å². The molecule has 0 spiro atoms. The molecule has 2 aromatic heterocycles. The van der Waals surface area contributed by atoms with Crippen LogP contribution in [0.25, 0.3) is 5.65 Å². The third-order valence-electron chi connectivity index (χ3n) is 2.25. The Hall–Kier alpha value is -0.780. The van der Waals surface area contributed by atoms with Crippen LogP contribution in [0.1, 0.15) is 12.8 Å². The van der Waals surface area contributed by atoms with Crippen LogP contribution in [0.3, 0.4) is 0 Å². The predicted octanol–water partition coefficient (Wildman–Crippen LogP) is 2.48. The van der Waals surface area contributed by atoms with E-state index >= 15 is 0 Å².